The lowest BCUT2D eigenvalue weighted by Crippen LogP contribution is -2.31. The van der Waals surface area contributed by atoms with Crippen molar-refractivity contribution in [2.75, 3.05) is 14.1 Å². The zero-order chi connectivity index (χ0) is 10.5. The molecule has 0 spiro atoms. The van der Waals surface area contributed by atoms with Gasteiger partial charge in [0.15, 0.2) is 0 Å². The van der Waals surface area contributed by atoms with E-state index in [9.17, 15) is 0 Å². The van der Waals surface area contributed by atoms with Gasteiger partial charge in [-0.25, -0.2) is 0 Å². The highest BCUT2D eigenvalue weighted by molar-refractivity contribution is 6.85. The highest BCUT2D eigenvalue weighted by atomic mass is 28.3. The Morgan fingerprint density at radius 1 is 1.31 bits per heavy atom. The highest BCUT2D eigenvalue weighted by Crippen LogP contribution is 2.25. The molecule has 2 heteroatoms. The number of allylic oxidation sites excluding steroid dienone is 1. The van der Waals surface area contributed by atoms with Crippen LogP contribution in [0.5, 0.6) is 0 Å². The molecule has 0 radical (unpaired) electrons. The second-order valence-corrected chi connectivity index (χ2v) is 9.56. The summed E-state index contributed by atoms with van der Waals surface area (Å²) >= 11 is 0. The Kier molecular flexibility index (Phi) is 5.38. The largest absolute Gasteiger partial charge is 0.384 e. The molecule has 1 atom stereocenters. The molecule has 0 aliphatic rings. The molecule has 0 N–H and O–H groups in total. The minimum absolute atomic E-state index is 1.07. The first-order chi connectivity index (χ1) is 5.96. The van der Waals surface area contributed by atoms with Crippen LogP contribution in [0, 0.1) is 0 Å². The van der Waals surface area contributed by atoms with Crippen molar-refractivity contribution in [3.8, 4) is 0 Å². The summed E-state index contributed by atoms with van der Waals surface area (Å²) in [6.07, 6.45) is 3.64. The van der Waals surface area contributed by atoms with Crippen LogP contribution in [-0.2, 0) is 0 Å². The van der Waals surface area contributed by atoms with Crippen molar-refractivity contribution < 1.29 is 0 Å². The van der Waals surface area contributed by atoms with Crippen molar-refractivity contribution in [1.82, 2.24) is 4.90 Å². The maximum atomic E-state index is 2.51. The molecule has 78 valence electrons. The zero-order valence-electron chi connectivity index (χ0n) is 10.1. The summed E-state index contributed by atoms with van der Waals surface area (Å²) < 4.78 is 0. The Hall–Kier alpha value is -0.243. The van der Waals surface area contributed by atoms with Crippen LogP contribution in [0.15, 0.2) is 11.4 Å². The molecule has 1 unspecified atom stereocenters. The van der Waals surface area contributed by atoms with Crippen molar-refractivity contribution in [3.63, 3.8) is 0 Å². The number of nitrogens with zero attached hydrogens (tertiary/aromatic N) is 1. The average molecular weight is 199 g/mol. The van der Waals surface area contributed by atoms with Gasteiger partial charge in [-0.2, -0.15) is 0 Å². The third kappa shape index (κ3) is 3.99. The molecule has 0 aromatic rings. The van der Waals surface area contributed by atoms with Crippen LogP contribution in [0.2, 0.25) is 18.6 Å². The first kappa shape index (κ1) is 12.8. The first-order valence-electron chi connectivity index (χ1n) is 5.31. The van der Waals surface area contributed by atoms with E-state index in [1.807, 2.05) is 0 Å². The van der Waals surface area contributed by atoms with E-state index < -0.39 is 8.07 Å². The fourth-order valence-electron chi connectivity index (χ4n) is 1.75. The predicted octanol–water partition coefficient (Wildman–Crippen LogP) is 3.50. The number of hydrogen-bond acceptors (Lipinski definition) is 1. The molecule has 0 saturated heterocycles. The molecule has 13 heavy (non-hydrogen) atoms. The van der Waals surface area contributed by atoms with Gasteiger partial charge in [0.2, 0.25) is 0 Å². The van der Waals surface area contributed by atoms with Crippen LogP contribution in [0.25, 0.3) is 0 Å². The van der Waals surface area contributed by atoms with Gasteiger partial charge in [-0.15, -0.1) is 0 Å². The van der Waals surface area contributed by atoms with Gasteiger partial charge in [-0.1, -0.05) is 44.1 Å². The van der Waals surface area contributed by atoms with E-state index in [1.165, 1.54) is 18.5 Å². The molecule has 0 amide bonds. The van der Waals surface area contributed by atoms with Gasteiger partial charge in [-0.05, 0) is 13.1 Å². The van der Waals surface area contributed by atoms with Gasteiger partial charge < -0.3 is 4.90 Å². The lowest BCUT2D eigenvalue weighted by Gasteiger charge is -2.27. The Morgan fingerprint density at radius 2 is 1.85 bits per heavy atom. The van der Waals surface area contributed by atoms with Crippen molar-refractivity contribution in [3.05, 3.63) is 11.4 Å². The van der Waals surface area contributed by atoms with Gasteiger partial charge in [0.05, 0.1) is 8.07 Å². The van der Waals surface area contributed by atoms with Gasteiger partial charge in [0.25, 0.3) is 0 Å². The quantitative estimate of drug-likeness (QED) is 0.613. The third-order valence-electron chi connectivity index (χ3n) is 2.99. The molecule has 1 nitrogen and oxygen atoms in total. The summed E-state index contributed by atoms with van der Waals surface area (Å²) in [6.45, 7) is 9.45. The maximum Gasteiger partial charge on any atom is 0.0797 e. The Labute approximate surface area is 84.8 Å². The van der Waals surface area contributed by atoms with Crippen molar-refractivity contribution in [1.29, 1.82) is 0 Å². The van der Waals surface area contributed by atoms with Crippen molar-refractivity contribution >= 4 is 8.07 Å². The van der Waals surface area contributed by atoms with Crippen LogP contribution in [0.1, 0.15) is 27.2 Å². The molecule has 0 aromatic carbocycles. The van der Waals surface area contributed by atoms with E-state index in [-0.39, 0.29) is 0 Å². The normalized spacial score (nSPS) is 16.9. The number of rotatable bonds is 5. The van der Waals surface area contributed by atoms with E-state index in [2.05, 4.69) is 52.5 Å². The Balaban J connectivity index is 4.54. The van der Waals surface area contributed by atoms with Crippen LogP contribution in [0.4, 0.5) is 0 Å². The highest BCUT2D eigenvalue weighted by Gasteiger charge is 2.25. The predicted molar refractivity (Wildman–Crippen MR) is 64.6 cm³/mol. The molecule has 0 rings (SSSR count). The molecule has 0 fully saturated rings. The molecule has 0 bridgehead atoms. The fourth-order valence-corrected chi connectivity index (χ4v) is 4.73. The van der Waals surface area contributed by atoms with Crippen molar-refractivity contribution in [2.45, 2.75) is 45.8 Å². The minimum Gasteiger partial charge on any atom is -0.384 e. The molecule has 0 aromatic heterocycles. The topological polar surface area (TPSA) is 3.24 Å². The lowest BCUT2D eigenvalue weighted by molar-refractivity contribution is 0.560. The molecule has 0 aliphatic heterocycles. The summed E-state index contributed by atoms with van der Waals surface area (Å²) in [5.74, 6) is 0. The second-order valence-electron chi connectivity index (χ2n) is 4.44. The van der Waals surface area contributed by atoms with E-state index >= 15 is 0 Å². The number of hydrogen-bond donors (Lipinski definition) is 0. The molecule has 0 heterocycles. The average Bonchev–Trinajstić information content (AvgIpc) is 2.03. The molecule has 0 saturated carbocycles. The Bertz CT molecular complexity index is 175. The summed E-state index contributed by atoms with van der Waals surface area (Å²) in [5, 5.41) is 1.64. The van der Waals surface area contributed by atoms with E-state index in [0.29, 0.717) is 0 Å². The smallest absolute Gasteiger partial charge is 0.0797 e. The molecule has 0 aliphatic carbocycles. The summed E-state index contributed by atoms with van der Waals surface area (Å²) in [7, 11) is 3.15. The van der Waals surface area contributed by atoms with Gasteiger partial charge in [-0.3, -0.25) is 0 Å². The zero-order valence-corrected chi connectivity index (χ0v) is 11.1. The van der Waals surface area contributed by atoms with Crippen LogP contribution in [0.3, 0.4) is 0 Å². The van der Waals surface area contributed by atoms with Gasteiger partial charge in [0.1, 0.15) is 0 Å². The fraction of sp³-hybridized carbons (Fsp3) is 0.818. The first-order valence-corrected chi connectivity index (χ1v) is 8.23. The van der Waals surface area contributed by atoms with E-state index in [0.717, 1.165) is 0 Å². The standard InChI is InChI=1S/C11H25NSi/c1-7-9-13(6,8-2)11(3)10-12(4)5/h10H,7-9H2,1-6H3. The Morgan fingerprint density at radius 3 is 2.15 bits per heavy atom. The summed E-state index contributed by atoms with van der Waals surface area (Å²) in [5.41, 5.74) is 0. The maximum absolute atomic E-state index is 2.51. The van der Waals surface area contributed by atoms with E-state index in [4.69, 9.17) is 0 Å². The van der Waals surface area contributed by atoms with Crippen LogP contribution >= 0.6 is 0 Å². The third-order valence-corrected chi connectivity index (χ3v) is 8.18. The molecular formula is C11H25NSi. The SMILES string of the molecule is CCC[Si](C)(CC)C(C)=CN(C)C. The van der Waals surface area contributed by atoms with Crippen LogP contribution in [-0.4, -0.2) is 27.1 Å². The van der Waals surface area contributed by atoms with E-state index in [1.54, 1.807) is 5.20 Å². The lowest BCUT2D eigenvalue weighted by atomic mass is 10.6. The van der Waals surface area contributed by atoms with Gasteiger partial charge in [0, 0.05) is 14.1 Å². The summed E-state index contributed by atoms with van der Waals surface area (Å²) in [6, 6.07) is 2.80. The second kappa shape index (κ2) is 5.48. The van der Waals surface area contributed by atoms with Gasteiger partial charge >= 0.3 is 0 Å². The minimum atomic E-state index is -1.07. The van der Waals surface area contributed by atoms with Crippen molar-refractivity contribution in [2.24, 2.45) is 0 Å². The monoisotopic (exact) mass is 199 g/mol. The molecular weight excluding hydrogens is 174 g/mol. The summed E-state index contributed by atoms with van der Waals surface area (Å²) in [4.78, 5) is 2.17. The van der Waals surface area contributed by atoms with Crippen LogP contribution < -0.4 is 0 Å².